The van der Waals surface area contributed by atoms with E-state index < -0.39 is 5.97 Å². The van der Waals surface area contributed by atoms with Crippen molar-refractivity contribution < 1.29 is 14.3 Å². The summed E-state index contributed by atoms with van der Waals surface area (Å²) in [4.78, 5) is 17.3. The summed E-state index contributed by atoms with van der Waals surface area (Å²) in [6.45, 7) is 2.46. The summed E-state index contributed by atoms with van der Waals surface area (Å²) in [5, 5.41) is 7.84. The van der Waals surface area contributed by atoms with Crippen molar-refractivity contribution >= 4 is 17.3 Å². The number of rotatable bonds is 6. The number of hydrogen-bond acceptors (Lipinski definition) is 6. The molecule has 2 heterocycles. The number of carbonyl (C=O) groups excluding carboxylic acids is 1. The molecule has 0 saturated carbocycles. The van der Waals surface area contributed by atoms with Crippen molar-refractivity contribution in [3.05, 3.63) is 47.8 Å². The van der Waals surface area contributed by atoms with Crippen molar-refractivity contribution in [1.82, 2.24) is 15.2 Å². The summed E-state index contributed by atoms with van der Waals surface area (Å²) in [5.74, 6) is -0.419. The van der Waals surface area contributed by atoms with Gasteiger partial charge in [-0.05, 0) is 13.0 Å². The minimum Gasteiger partial charge on any atom is -0.461 e. The number of nitrogens with zero attached hydrogens (tertiary/aromatic N) is 2. The summed E-state index contributed by atoms with van der Waals surface area (Å²) in [7, 11) is 1.62. The predicted molar refractivity (Wildman–Crippen MR) is 91.8 cm³/mol. The first kappa shape index (κ1) is 16.4. The molecule has 124 valence electrons. The van der Waals surface area contributed by atoms with Crippen LogP contribution in [0, 0.1) is 0 Å². The molecule has 0 amide bonds. The lowest BCUT2D eigenvalue weighted by atomic mass is 10.2. The van der Waals surface area contributed by atoms with Crippen LogP contribution in [0.4, 0.5) is 0 Å². The molecule has 0 saturated heterocycles. The van der Waals surface area contributed by atoms with E-state index in [4.69, 9.17) is 9.47 Å². The van der Waals surface area contributed by atoms with Crippen LogP contribution in [0.25, 0.3) is 21.1 Å². The van der Waals surface area contributed by atoms with Gasteiger partial charge < -0.3 is 9.47 Å². The number of aromatic amines is 1. The summed E-state index contributed by atoms with van der Waals surface area (Å²) in [6, 6.07) is 11.6. The second-order valence-corrected chi connectivity index (χ2v) is 5.98. The monoisotopic (exact) mass is 343 g/mol. The Morgan fingerprint density at radius 1 is 1.29 bits per heavy atom. The Kier molecular flexibility index (Phi) is 5.02. The number of benzene rings is 1. The molecule has 24 heavy (non-hydrogen) atoms. The molecule has 1 aromatic carbocycles. The Hall–Kier alpha value is -2.51. The summed E-state index contributed by atoms with van der Waals surface area (Å²) >= 11 is 1.52. The van der Waals surface area contributed by atoms with Crippen molar-refractivity contribution in [3.63, 3.8) is 0 Å². The zero-order valence-corrected chi connectivity index (χ0v) is 14.2. The third-order valence-electron chi connectivity index (χ3n) is 3.30. The fourth-order valence-electron chi connectivity index (χ4n) is 2.24. The Balaban J connectivity index is 1.97. The molecular weight excluding hydrogens is 326 g/mol. The van der Waals surface area contributed by atoms with Gasteiger partial charge in [-0.1, -0.05) is 30.3 Å². The fourth-order valence-corrected chi connectivity index (χ4v) is 3.28. The topological polar surface area (TPSA) is 77.1 Å². The molecule has 2 aromatic heterocycles. The highest BCUT2D eigenvalue weighted by atomic mass is 32.1. The van der Waals surface area contributed by atoms with E-state index in [9.17, 15) is 4.79 Å². The van der Waals surface area contributed by atoms with E-state index in [0.717, 1.165) is 21.1 Å². The number of ether oxygens (including phenoxy) is 2. The van der Waals surface area contributed by atoms with Gasteiger partial charge >= 0.3 is 5.97 Å². The van der Waals surface area contributed by atoms with Crippen molar-refractivity contribution in [2.45, 2.75) is 13.5 Å². The number of esters is 1. The lowest BCUT2D eigenvalue weighted by Gasteiger charge is -1.97. The molecule has 7 heteroatoms. The highest BCUT2D eigenvalue weighted by Gasteiger charge is 2.18. The van der Waals surface area contributed by atoms with Crippen LogP contribution in [-0.2, 0) is 16.1 Å². The molecule has 0 atom stereocenters. The van der Waals surface area contributed by atoms with E-state index in [2.05, 4.69) is 15.2 Å². The molecule has 1 N–H and O–H groups in total. The summed E-state index contributed by atoms with van der Waals surface area (Å²) in [5.41, 5.74) is 2.81. The van der Waals surface area contributed by atoms with Crippen LogP contribution in [0.3, 0.4) is 0 Å². The summed E-state index contributed by atoms with van der Waals surface area (Å²) < 4.78 is 10.2. The first-order valence-electron chi connectivity index (χ1n) is 7.50. The van der Waals surface area contributed by atoms with Gasteiger partial charge in [0.1, 0.15) is 16.4 Å². The average Bonchev–Trinajstić information content (AvgIpc) is 3.23. The Labute approximate surface area is 143 Å². The van der Waals surface area contributed by atoms with E-state index in [1.165, 1.54) is 11.3 Å². The molecule has 0 spiro atoms. The van der Waals surface area contributed by atoms with E-state index in [1.54, 1.807) is 20.1 Å². The highest BCUT2D eigenvalue weighted by molar-refractivity contribution is 7.18. The lowest BCUT2D eigenvalue weighted by molar-refractivity contribution is 0.0519. The number of aromatic nitrogens is 3. The smallest absolute Gasteiger partial charge is 0.356 e. The van der Waals surface area contributed by atoms with Crippen LogP contribution in [-0.4, -0.2) is 34.9 Å². The van der Waals surface area contributed by atoms with Gasteiger partial charge in [-0.3, -0.25) is 5.10 Å². The van der Waals surface area contributed by atoms with Gasteiger partial charge in [-0.15, -0.1) is 11.3 Å². The van der Waals surface area contributed by atoms with Gasteiger partial charge in [0.15, 0.2) is 0 Å². The minimum atomic E-state index is -0.419. The number of hydrogen-bond donors (Lipinski definition) is 1. The van der Waals surface area contributed by atoms with E-state index in [0.29, 0.717) is 24.6 Å². The Morgan fingerprint density at radius 3 is 2.79 bits per heavy atom. The first-order chi connectivity index (χ1) is 11.7. The molecule has 0 unspecified atom stereocenters. The molecule has 0 bridgehead atoms. The zero-order chi connectivity index (χ0) is 16.9. The Bertz CT molecular complexity index is 827. The largest absolute Gasteiger partial charge is 0.461 e. The molecular formula is C17H17N3O3S. The van der Waals surface area contributed by atoms with Crippen LogP contribution >= 0.6 is 11.3 Å². The highest BCUT2D eigenvalue weighted by Crippen LogP contribution is 2.35. The quantitative estimate of drug-likeness (QED) is 0.693. The summed E-state index contributed by atoms with van der Waals surface area (Å²) in [6.07, 6.45) is 0. The molecule has 3 aromatic rings. The third kappa shape index (κ3) is 3.37. The number of nitrogens with one attached hydrogen (secondary N) is 1. The number of thiazole rings is 1. The van der Waals surface area contributed by atoms with E-state index in [1.807, 2.05) is 30.3 Å². The van der Waals surface area contributed by atoms with Gasteiger partial charge in [0.05, 0.1) is 23.8 Å². The SMILES string of the molecule is CCOC(=O)c1cc(-c2sc(-c3ccccc3)nc2COC)n[nH]1. The van der Waals surface area contributed by atoms with Crippen molar-refractivity contribution in [2.75, 3.05) is 13.7 Å². The van der Waals surface area contributed by atoms with Crippen molar-refractivity contribution in [2.24, 2.45) is 0 Å². The zero-order valence-electron chi connectivity index (χ0n) is 13.4. The standard InChI is InChI=1S/C17H17N3O3S/c1-3-23-17(21)13-9-12(19-20-13)15-14(10-22-2)18-16(24-15)11-7-5-4-6-8-11/h4-9H,3,10H2,1-2H3,(H,19,20). The van der Waals surface area contributed by atoms with Crippen LogP contribution in [0.1, 0.15) is 23.1 Å². The fraction of sp³-hybridized carbons (Fsp3) is 0.235. The van der Waals surface area contributed by atoms with Crippen molar-refractivity contribution in [1.29, 1.82) is 0 Å². The van der Waals surface area contributed by atoms with Crippen LogP contribution < -0.4 is 0 Å². The molecule has 0 aliphatic carbocycles. The Morgan fingerprint density at radius 2 is 2.08 bits per heavy atom. The number of methoxy groups -OCH3 is 1. The van der Waals surface area contributed by atoms with Gasteiger partial charge in [0, 0.05) is 12.7 Å². The van der Waals surface area contributed by atoms with Crippen LogP contribution in [0.15, 0.2) is 36.4 Å². The van der Waals surface area contributed by atoms with Crippen LogP contribution in [0.5, 0.6) is 0 Å². The van der Waals surface area contributed by atoms with Crippen LogP contribution in [0.2, 0.25) is 0 Å². The molecule has 6 nitrogen and oxygen atoms in total. The normalized spacial score (nSPS) is 10.8. The lowest BCUT2D eigenvalue weighted by Crippen LogP contribution is -2.04. The third-order valence-corrected chi connectivity index (χ3v) is 4.47. The van der Waals surface area contributed by atoms with E-state index in [-0.39, 0.29) is 0 Å². The maximum Gasteiger partial charge on any atom is 0.356 e. The molecule has 0 fully saturated rings. The average molecular weight is 343 g/mol. The van der Waals surface area contributed by atoms with Gasteiger partial charge in [0.25, 0.3) is 0 Å². The van der Waals surface area contributed by atoms with Crippen molar-refractivity contribution in [3.8, 4) is 21.1 Å². The number of carbonyl (C=O) groups is 1. The van der Waals surface area contributed by atoms with Gasteiger partial charge in [-0.25, -0.2) is 9.78 Å². The van der Waals surface area contributed by atoms with Gasteiger partial charge in [-0.2, -0.15) is 5.10 Å². The number of H-pyrrole nitrogens is 1. The van der Waals surface area contributed by atoms with E-state index >= 15 is 0 Å². The second-order valence-electron chi connectivity index (χ2n) is 4.98. The molecule has 3 rings (SSSR count). The molecule has 0 aliphatic rings. The predicted octanol–water partition coefficient (Wildman–Crippen LogP) is 3.52. The first-order valence-corrected chi connectivity index (χ1v) is 8.31. The second kappa shape index (κ2) is 7.37. The molecule has 0 aliphatic heterocycles. The molecule has 0 radical (unpaired) electrons. The maximum absolute atomic E-state index is 11.8. The minimum absolute atomic E-state index is 0.320. The van der Waals surface area contributed by atoms with Gasteiger partial charge in [0.2, 0.25) is 0 Å². The maximum atomic E-state index is 11.8.